The highest BCUT2D eigenvalue weighted by Crippen LogP contribution is 2.33. The van der Waals surface area contributed by atoms with Crippen LogP contribution in [0.15, 0.2) is 22.8 Å². The maximum atomic E-state index is 11.5. The summed E-state index contributed by atoms with van der Waals surface area (Å²) in [5, 5.41) is 1.06. The van der Waals surface area contributed by atoms with Gasteiger partial charge in [0.25, 0.3) is 0 Å². The van der Waals surface area contributed by atoms with E-state index in [1.807, 2.05) is 12.1 Å². The van der Waals surface area contributed by atoms with Crippen LogP contribution in [0, 0.1) is 0 Å². The number of carbonyl (C=O) groups excluding carboxylic acids is 1. The van der Waals surface area contributed by atoms with Crippen LogP contribution in [0.1, 0.15) is 35.7 Å². The average Bonchev–Trinajstić information content (AvgIpc) is 2.62. The third-order valence-corrected chi connectivity index (χ3v) is 3.41. The Balaban J connectivity index is 2.66. The van der Waals surface area contributed by atoms with Gasteiger partial charge < -0.3 is 9.72 Å². The maximum absolute atomic E-state index is 11.5. The summed E-state index contributed by atoms with van der Waals surface area (Å²) in [5.41, 5.74) is 2.78. The number of aromatic nitrogens is 1. The highest BCUT2D eigenvalue weighted by atomic mass is 79.9. The Kier molecular flexibility index (Phi) is 3.24. The Morgan fingerprint density at radius 3 is 2.71 bits per heavy atom. The molecular weight excluding hydrogens is 282 g/mol. The minimum atomic E-state index is -0.307. The van der Waals surface area contributed by atoms with Crippen molar-refractivity contribution in [3.8, 4) is 0 Å². The number of aromatic amines is 1. The lowest BCUT2D eigenvalue weighted by Crippen LogP contribution is -2.00. The minimum absolute atomic E-state index is 0.307. The Morgan fingerprint density at radius 2 is 2.12 bits per heavy atom. The number of esters is 1. The number of ether oxygens (including phenoxy) is 1. The fourth-order valence-electron chi connectivity index (χ4n) is 1.99. The van der Waals surface area contributed by atoms with E-state index in [0.29, 0.717) is 11.5 Å². The highest BCUT2D eigenvalue weighted by molar-refractivity contribution is 9.10. The van der Waals surface area contributed by atoms with E-state index >= 15 is 0 Å². The normalized spacial score (nSPS) is 11.1. The molecule has 4 heteroatoms. The van der Waals surface area contributed by atoms with Crippen molar-refractivity contribution in [2.45, 2.75) is 19.8 Å². The molecule has 0 aliphatic carbocycles. The summed E-state index contributed by atoms with van der Waals surface area (Å²) in [5.74, 6) is 0.0740. The van der Waals surface area contributed by atoms with Crippen LogP contribution < -0.4 is 0 Å². The molecule has 0 unspecified atom stereocenters. The van der Waals surface area contributed by atoms with Crippen molar-refractivity contribution in [1.29, 1.82) is 0 Å². The predicted molar refractivity (Wildman–Crippen MR) is 71.4 cm³/mol. The molecule has 1 N–H and O–H groups in total. The number of hydrogen-bond donors (Lipinski definition) is 1. The van der Waals surface area contributed by atoms with E-state index in [1.165, 1.54) is 12.7 Å². The first-order valence-electron chi connectivity index (χ1n) is 5.44. The average molecular weight is 296 g/mol. The SMILES string of the molecule is COC(=O)c1ccc2[nH]c(Br)c(C(C)C)c2c1. The fourth-order valence-corrected chi connectivity index (χ4v) is 2.87. The standard InChI is InChI=1S/C13H14BrNO2/c1-7(2)11-9-6-8(13(16)17-3)4-5-10(9)15-12(11)14/h4-7,15H,1-3H3. The van der Waals surface area contributed by atoms with Crippen LogP contribution in [0.25, 0.3) is 10.9 Å². The second-order valence-corrected chi connectivity index (χ2v) is 5.05. The predicted octanol–water partition coefficient (Wildman–Crippen LogP) is 3.84. The smallest absolute Gasteiger partial charge is 0.337 e. The number of fused-ring (bicyclic) bond motifs is 1. The van der Waals surface area contributed by atoms with Gasteiger partial charge in [0.2, 0.25) is 0 Å². The number of nitrogens with one attached hydrogen (secondary N) is 1. The summed E-state index contributed by atoms with van der Waals surface area (Å²) < 4.78 is 5.71. The Hall–Kier alpha value is -1.29. The van der Waals surface area contributed by atoms with E-state index < -0.39 is 0 Å². The molecule has 0 aliphatic heterocycles. The van der Waals surface area contributed by atoms with Gasteiger partial charge in [-0.15, -0.1) is 0 Å². The Bertz CT molecular complexity index is 572. The molecule has 2 aromatic rings. The molecule has 0 radical (unpaired) electrons. The van der Waals surface area contributed by atoms with Gasteiger partial charge in [-0.2, -0.15) is 0 Å². The lowest BCUT2D eigenvalue weighted by molar-refractivity contribution is 0.0601. The molecule has 0 spiro atoms. The van der Waals surface area contributed by atoms with E-state index in [2.05, 4.69) is 34.8 Å². The van der Waals surface area contributed by atoms with E-state index in [4.69, 9.17) is 4.74 Å². The number of rotatable bonds is 2. The molecule has 1 aromatic carbocycles. The molecule has 3 nitrogen and oxygen atoms in total. The number of benzene rings is 1. The van der Waals surface area contributed by atoms with Crippen LogP contribution in [0.2, 0.25) is 0 Å². The molecular formula is C13H14BrNO2. The van der Waals surface area contributed by atoms with E-state index in [1.54, 1.807) is 6.07 Å². The molecule has 17 heavy (non-hydrogen) atoms. The largest absolute Gasteiger partial charge is 0.465 e. The summed E-state index contributed by atoms with van der Waals surface area (Å²) in [6.45, 7) is 4.25. The molecule has 0 saturated heterocycles. The zero-order valence-corrected chi connectivity index (χ0v) is 11.6. The summed E-state index contributed by atoms with van der Waals surface area (Å²) in [4.78, 5) is 14.8. The molecule has 0 atom stereocenters. The summed E-state index contributed by atoms with van der Waals surface area (Å²) in [7, 11) is 1.39. The van der Waals surface area contributed by atoms with Gasteiger partial charge in [0.15, 0.2) is 0 Å². The van der Waals surface area contributed by atoms with Crippen molar-refractivity contribution >= 4 is 32.8 Å². The second kappa shape index (κ2) is 4.53. The fraction of sp³-hybridized carbons (Fsp3) is 0.308. The van der Waals surface area contributed by atoms with E-state index in [-0.39, 0.29) is 5.97 Å². The van der Waals surface area contributed by atoms with E-state index in [9.17, 15) is 4.79 Å². The van der Waals surface area contributed by atoms with Gasteiger partial charge in [0.1, 0.15) is 0 Å². The van der Waals surface area contributed by atoms with Gasteiger partial charge in [-0.25, -0.2) is 4.79 Å². The first-order valence-corrected chi connectivity index (χ1v) is 6.23. The van der Waals surface area contributed by atoms with Crippen LogP contribution in [0.3, 0.4) is 0 Å². The van der Waals surface area contributed by atoms with Crippen molar-refractivity contribution in [2.75, 3.05) is 7.11 Å². The van der Waals surface area contributed by atoms with Crippen molar-refractivity contribution in [2.24, 2.45) is 0 Å². The van der Waals surface area contributed by atoms with Crippen molar-refractivity contribution in [3.05, 3.63) is 33.9 Å². The molecule has 90 valence electrons. The van der Waals surface area contributed by atoms with Gasteiger partial charge in [-0.1, -0.05) is 13.8 Å². The monoisotopic (exact) mass is 295 g/mol. The molecule has 1 aromatic heterocycles. The number of methoxy groups -OCH3 is 1. The zero-order chi connectivity index (χ0) is 12.6. The molecule has 0 saturated carbocycles. The van der Waals surface area contributed by atoms with Crippen LogP contribution in [0.4, 0.5) is 0 Å². The van der Waals surface area contributed by atoms with Crippen LogP contribution in [-0.4, -0.2) is 18.1 Å². The summed E-state index contributed by atoms with van der Waals surface area (Å²) in [6.07, 6.45) is 0. The van der Waals surface area contributed by atoms with Crippen molar-refractivity contribution < 1.29 is 9.53 Å². The molecule has 1 heterocycles. The minimum Gasteiger partial charge on any atom is -0.465 e. The third-order valence-electron chi connectivity index (χ3n) is 2.79. The molecule has 0 bridgehead atoms. The quantitative estimate of drug-likeness (QED) is 0.855. The van der Waals surface area contributed by atoms with E-state index in [0.717, 1.165) is 15.5 Å². The van der Waals surface area contributed by atoms with Crippen molar-refractivity contribution in [3.63, 3.8) is 0 Å². The number of hydrogen-bond acceptors (Lipinski definition) is 2. The summed E-state index contributed by atoms with van der Waals surface area (Å²) >= 11 is 3.52. The molecule has 2 rings (SSSR count). The first kappa shape index (κ1) is 12.2. The van der Waals surface area contributed by atoms with Gasteiger partial charge in [-0.05, 0) is 45.6 Å². The first-order chi connectivity index (χ1) is 8.04. The van der Waals surface area contributed by atoms with Crippen LogP contribution >= 0.6 is 15.9 Å². The molecule has 0 fully saturated rings. The van der Waals surface area contributed by atoms with Crippen LogP contribution in [0.5, 0.6) is 0 Å². The Morgan fingerprint density at radius 1 is 1.41 bits per heavy atom. The number of carbonyl (C=O) groups is 1. The number of halogens is 1. The van der Waals surface area contributed by atoms with Crippen LogP contribution in [-0.2, 0) is 4.74 Å². The topological polar surface area (TPSA) is 42.1 Å². The maximum Gasteiger partial charge on any atom is 0.337 e. The van der Waals surface area contributed by atoms with Gasteiger partial charge in [0, 0.05) is 10.9 Å². The van der Waals surface area contributed by atoms with Crippen molar-refractivity contribution in [1.82, 2.24) is 4.98 Å². The molecule has 0 amide bonds. The van der Waals surface area contributed by atoms with Gasteiger partial charge in [-0.3, -0.25) is 0 Å². The Labute approximate surface area is 108 Å². The third kappa shape index (κ3) is 2.09. The lowest BCUT2D eigenvalue weighted by Gasteiger charge is -2.05. The zero-order valence-electron chi connectivity index (χ0n) is 10.0. The summed E-state index contributed by atoms with van der Waals surface area (Å²) in [6, 6.07) is 5.54. The lowest BCUT2D eigenvalue weighted by atomic mass is 10.0. The van der Waals surface area contributed by atoms with Gasteiger partial charge in [0.05, 0.1) is 17.3 Å². The molecule has 0 aliphatic rings. The van der Waals surface area contributed by atoms with Gasteiger partial charge >= 0.3 is 5.97 Å². The number of H-pyrrole nitrogens is 1. The second-order valence-electron chi connectivity index (χ2n) is 4.26. The highest BCUT2D eigenvalue weighted by Gasteiger charge is 2.15.